The van der Waals surface area contributed by atoms with Crippen molar-refractivity contribution in [3.05, 3.63) is 47.1 Å². The Kier molecular flexibility index (Phi) is 5.45. The van der Waals surface area contributed by atoms with Gasteiger partial charge in [0.1, 0.15) is 12.0 Å². The Balaban J connectivity index is 1.60. The molecular weight excluding hydrogens is 340 g/mol. The summed E-state index contributed by atoms with van der Waals surface area (Å²) in [6.07, 6.45) is 3.04. The molecular formula is C17H19ClN6O. The van der Waals surface area contributed by atoms with Crippen LogP contribution in [0, 0.1) is 0 Å². The van der Waals surface area contributed by atoms with Crippen molar-refractivity contribution in [2.45, 2.75) is 19.8 Å². The van der Waals surface area contributed by atoms with Crippen LogP contribution >= 0.6 is 11.6 Å². The molecule has 0 saturated carbocycles. The zero-order chi connectivity index (χ0) is 17.6. The van der Waals surface area contributed by atoms with Crippen LogP contribution in [0.3, 0.4) is 0 Å². The third-order valence-corrected chi connectivity index (χ3v) is 4.03. The monoisotopic (exact) mass is 358 g/mol. The standard InChI is InChI=1S/C17H19ClN6O/c1-3-13-23-17(25-24-13)12-6-4-11(5-7-12)8-9-20-16-14(19-2)15(18)21-10-22-16/h4-7,10,19H,3,8-9H2,1-2H3,(H,20,21,22). The first-order valence-electron chi connectivity index (χ1n) is 8.05. The molecule has 0 atom stereocenters. The Morgan fingerprint density at radius 3 is 2.64 bits per heavy atom. The number of nitrogens with one attached hydrogen (secondary N) is 2. The first kappa shape index (κ1) is 17.2. The highest BCUT2D eigenvalue weighted by Crippen LogP contribution is 2.25. The summed E-state index contributed by atoms with van der Waals surface area (Å²) in [4.78, 5) is 12.5. The Hall–Kier alpha value is -2.67. The highest BCUT2D eigenvalue weighted by Gasteiger charge is 2.09. The number of nitrogens with zero attached hydrogens (tertiary/aromatic N) is 4. The second-order valence-electron chi connectivity index (χ2n) is 5.38. The summed E-state index contributed by atoms with van der Waals surface area (Å²) in [5.41, 5.74) is 2.81. The van der Waals surface area contributed by atoms with Crippen molar-refractivity contribution in [3.8, 4) is 11.5 Å². The SMILES string of the molecule is CCc1noc(-c2ccc(CCNc3ncnc(Cl)c3NC)cc2)n1. The van der Waals surface area contributed by atoms with Crippen molar-refractivity contribution in [3.63, 3.8) is 0 Å². The van der Waals surface area contributed by atoms with Gasteiger partial charge in [0.2, 0.25) is 0 Å². The molecule has 8 heteroatoms. The number of hydrogen-bond acceptors (Lipinski definition) is 7. The summed E-state index contributed by atoms with van der Waals surface area (Å²) in [5, 5.41) is 10.6. The van der Waals surface area contributed by atoms with E-state index < -0.39 is 0 Å². The van der Waals surface area contributed by atoms with Crippen LogP contribution < -0.4 is 10.6 Å². The number of hydrogen-bond donors (Lipinski definition) is 2. The van der Waals surface area contributed by atoms with Gasteiger partial charge in [-0.3, -0.25) is 0 Å². The van der Waals surface area contributed by atoms with Crippen molar-refractivity contribution in [1.82, 2.24) is 20.1 Å². The van der Waals surface area contributed by atoms with E-state index in [0.717, 1.165) is 24.9 Å². The van der Waals surface area contributed by atoms with E-state index in [9.17, 15) is 0 Å². The fraction of sp³-hybridized carbons (Fsp3) is 0.294. The topological polar surface area (TPSA) is 88.8 Å². The van der Waals surface area contributed by atoms with Crippen molar-refractivity contribution < 1.29 is 4.52 Å². The molecule has 1 aromatic carbocycles. The van der Waals surface area contributed by atoms with E-state index in [4.69, 9.17) is 16.1 Å². The van der Waals surface area contributed by atoms with E-state index in [2.05, 4.69) is 42.9 Å². The van der Waals surface area contributed by atoms with Crippen LogP contribution in [-0.2, 0) is 12.8 Å². The van der Waals surface area contributed by atoms with Crippen LogP contribution in [-0.4, -0.2) is 33.7 Å². The van der Waals surface area contributed by atoms with Gasteiger partial charge in [-0.15, -0.1) is 0 Å². The number of aromatic nitrogens is 4. The summed E-state index contributed by atoms with van der Waals surface area (Å²) in [6, 6.07) is 8.09. The molecule has 0 saturated heterocycles. The number of aryl methyl sites for hydroxylation is 1. The van der Waals surface area contributed by atoms with Gasteiger partial charge in [0, 0.05) is 25.6 Å². The number of halogens is 1. The summed E-state index contributed by atoms with van der Waals surface area (Å²) in [6.45, 7) is 2.72. The molecule has 0 aliphatic rings. The maximum Gasteiger partial charge on any atom is 0.257 e. The molecule has 0 unspecified atom stereocenters. The second-order valence-corrected chi connectivity index (χ2v) is 5.74. The Morgan fingerprint density at radius 1 is 1.16 bits per heavy atom. The average Bonchev–Trinajstić information content (AvgIpc) is 3.12. The number of anilines is 2. The third kappa shape index (κ3) is 4.06. The van der Waals surface area contributed by atoms with Crippen molar-refractivity contribution in [2.75, 3.05) is 24.2 Å². The van der Waals surface area contributed by atoms with Crippen molar-refractivity contribution in [1.29, 1.82) is 0 Å². The summed E-state index contributed by atoms with van der Waals surface area (Å²) in [5.74, 6) is 1.96. The molecule has 2 heterocycles. The maximum atomic E-state index is 6.04. The molecule has 130 valence electrons. The molecule has 0 aliphatic heterocycles. The molecule has 3 aromatic rings. The van der Waals surface area contributed by atoms with E-state index in [1.807, 2.05) is 19.1 Å². The van der Waals surface area contributed by atoms with Gasteiger partial charge in [0.15, 0.2) is 16.8 Å². The van der Waals surface area contributed by atoms with E-state index in [0.29, 0.717) is 28.4 Å². The Morgan fingerprint density at radius 2 is 1.96 bits per heavy atom. The van der Waals surface area contributed by atoms with Crippen LogP contribution in [0.15, 0.2) is 35.1 Å². The van der Waals surface area contributed by atoms with Gasteiger partial charge in [0.25, 0.3) is 5.89 Å². The molecule has 0 amide bonds. The van der Waals surface area contributed by atoms with Gasteiger partial charge in [-0.2, -0.15) is 4.98 Å². The average molecular weight is 359 g/mol. The Labute approximate surface area is 150 Å². The quantitative estimate of drug-likeness (QED) is 0.625. The lowest BCUT2D eigenvalue weighted by Crippen LogP contribution is -2.09. The number of benzene rings is 1. The lowest BCUT2D eigenvalue weighted by atomic mass is 10.1. The maximum absolute atomic E-state index is 6.04. The largest absolute Gasteiger partial charge is 0.383 e. The minimum Gasteiger partial charge on any atom is -0.383 e. The molecule has 7 nitrogen and oxygen atoms in total. The lowest BCUT2D eigenvalue weighted by Gasteiger charge is -2.11. The van der Waals surface area contributed by atoms with Crippen molar-refractivity contribution in [2.24, 2.45) is 0 Å². The molecule has 0 bridgehead atoms. The first-order valence-corrected chi connectivity index (χ1v) is 8.43. The highest BCUT2D eigenvalue weighted by atomic mass is 35.5. The molecule has 2 N–H and O–H groups in total. The summed E-state index contributed by atoms with van der Waals surface area (Å²) in [7, 11) is 1.79. The Bertz CT molecular complexity index is 833. The van der Waals surface area contributed by atoms with Crippen LogP contribution in [0.2, 0.25) is 5.15 Å². The highest BCUT2D eigenvalue weighted by molar-refractivity contribution is 6.32. The van der Waals surface area contributed by atoms with Gasteiger partial charge in [-0.1, -0.05) is 35.8 Å². The minimum atomic E-state index is 0.398. The van der Waals surface area contributed by atoms with E-state index in [1.165, 1.54) is 11.9 Å². The third-order valence-electron chi connectivity index (χ3n) is 3.74. The molecule has 3 rings (SSSR count). The van der Waals surface area contributed by atoms with Gasteiger partial charge in [0.05, 0.1) is 0 Å². The van der Waals surface area contributed by atoms with Crippen LogP contribution in [0.25, 0.3) is 11.5 Å². The molecule has 0 aliphatic carbocycles. The fourth-order valence-electron chi connectivity index (χ4n) is 2.37. The van der Waals surface area contributed by atoms with Gasteiger partial charge in [-0.25, -0.2) is 9.97 Å². The van der Waals surface area contributed by atoms with Crippen LogP contribution in [0.4, 0.5) is 11.5 Å². The fourth-order valence-corrected chi connectivity index (χ4v) is 2.60. The van der Waals surface area contributed by atoms with Crippen molar-refractivity contribution >= 4 is 23.1 Å². The zero-order valence-electron chi connectivity index (χ0n) is 14.1. The molecule has 0 spiro atoms. The van der Waals surface area contributed by atoms with E-state index >= 15 is 0 Å². The van der Waals surface area contributed by atoms with Crippen LogP contribution in [0.1, 0.15) is 18.3 Å². The van der Waals surface area contributed by atoms with E-state index in [-0.39, 0.29) is 0 Å². The molecule has 25 heavy (non-hydrogen) atoms. The molecule has 2 aromatic heterocycles. The summed E-state index contributed by atoms with van der Waals surface area (Å²) >= 11 is 6.04. The first-order chi connectivity index (χ1) is 12.2. The minimum absolute atomic E-state index is 0.398. The van der Waals surface area contributed by atoms with Crippen LogP contribution in [0.5, 0.6) is 0 Å². The number of rotatable bonds is 7. The normalized spacial score (nSPS) is 10.7. The molecule has 0 radical (unpaired) electrons. The predicted octanol–water partition coefficient (Wildman–Crippen LogP) is 3.44. The van der Waals surface area contributed by atoms with Gasteiger partial charge >= 0.3 is 0 Å². The predicted molar refractivity (Wildman–Crippen MR) is 97.9 cm³/mol. The zero-order valence-corrected chi connectivity index (χ0v) is 14.8. The van der Waals surface area contributed by atoms with E-state index in [1.54, 1.807) is 7.05 Å². The smallest absolute Gasteiger partial charge is 0.257 e. The lowest BCUT2D eigenvalue weighted by molar-refractivity contribution is 0.423. The van der Waals surface area contributed by atoms with Gasteiger partial charge < -0.3 is 15.2 Å². The molecule has 0 fully saturated rings. The summed E-state index contributed by atoms with van der Waals surface area (Å²) < 4.78 is 5.25. The second kappa shape index (κ2) is 7.94. The van der Waals surface area contributed by atoms with Gasteiger partial charge in [-0.05, 0) is 24.1 Å².